The van der Waals surface area contributed by atoms with Gasteiger partial charge in [0.1, 0.15) is 11.4 Å². The van der Waals surface area contributed by atoms with Gasteiger partial charge in [-0.25, -0.2) is 4.39 Å². The molecule has 0 atom stereocenters. The lowest BCUT2D eigenvalue weighted by Gasteiger charge is -2.37. The van der Waals surface area contributed by atoms with E-state index in [4.69, 9.17) is 4.74 Å². The SMILES string of the molecule is CC(=O)OC1(Cc2ccc(F)cc2)CCNCC1. The van der Waals surface area contributed by atoms with Crippen LogP contribution in [0.2, 0.25) is 0 Å². The molecule has 0 unspecified atom stereocenters. The number of benzene rings is 1. The lowest BCUT2D eigenvalue weighted by atomic mass is 9.85. The highest BCUT2D eigenvalue weighted by Crippen LogP contribution is 2.28. The molecule has 1 aliphatic heterocycles. The van der Waals surface area contributed by atoms with Crippen LogP contribution in [0.15, 0.2) is 24.3 Å². The standard InChI is InChI=1S/C14H18FNO2/c1-11(17)18-14(6-8-16-9-7-14)10-12-2-4-13(15)5-3-12/h2-5,16H,6-10H2,1H3. The number of halogens is 1. The third-order valence-electron chi connectivity index (χ3n) is 3.31. The van der Waals surface area contributed by atoms with Crippen LogP contribution in [0.3, 0.4) is 0 Å². The van der Waals surface area contributed by atoms with Gasteiger partial charge in [-0.2, -0.15) is 0 Å². The molecule has 1 fully saturated rings. The number of rotatable bonds is 3. The Kier molecular flexibility index (Phi) is 3.97. The van der Waals surface area contributed by atoms with E-state index in [-0.39, 0.29) is 11.8 Å². The largest absolute Gasteiger partial charge is 0.459 e. The van der Waals surface area contributed by atoms with Gasteiger partial charge in [0, 0.05) is 26.2 Å². The Bertz CT molecular complexity index is 410. The van der Waals surface area contributed by atoms with Gasteiger partial charge in [0.2, 0.25) is 0 Å². The summed E-state index contributed by atoms with van der Waals surface area (Å²) in [5, 5.41) is 3.26. The van der Waals surface area contributed by atoms with E-state index in [1.165, 1.54) is 19.1 Å². The van der Waals surface area contributed by atoms with Crippen molar-refractivity contribution in [2.45, 2.75) is 31.8 Å². The topological polar surface area (TPSA) is 38.3 Å². The number of nitrogens with one attached hydrogen (secondary N) is 1. The lowest BCUT2D eigenvalue weighted by Crippen LogP contribution is -2.46. The van der Waals surface area contributed by atoms with Crippen LogP contribution in [0, 0.1) is 5.82 Å². The summed E-state index contributed by atoms with van der Waals surface area (Å²) in [5.41, 5.74) is 0.564. The summed E-state index contributed by atoms with van der Waals surface area (Å²) in [7, 11) is 0. The molecule has 0 amide bonds. The molecule has 3 nitrogen and oxygen atoms in total. The van der Waals surface area contributed by atoms with Gasteiger partial charge in [-0.05, 0) is 30.8 Å². The summed E-state index contributed by atoms with van der Waals surface area (Å²) in [6, 6.07) is 6.39. The van der Waals surface area contributed by atoms with Crippen LogP contribution >= 0.6 is 0 Å². The molecule has 0 aliphatic carbocycles. The molecule has 1 aromatic rings. The van der Waals surface area contributed by atoms with Gasteiger partial charge in [-0.15, -0.1) is 0 Å². The summed E-state index contributed by atoms with van der Waals surface area (Å²) in [4.78, 5) is 11.3. The molecule has 0 saturated carbocycles. The molecule has 0 spiro atoms. The first-order valence-corrected chi connectivity index (χ1v) is 6.24. The molecule has 1 saturated heterocycles. The molecule has 0 radical (unpaired) electrons. The van der Waals surface area contributed by atoms with Crippen LogP contribution < -0.4 is 5.32 Å². The number of ether oxygens (including phenoxy) is 1. The second-order valence-corrected chi connectivity index (χ2v) is 4.83. The molecule has 1 N–H and O–H groups in total. The van der Waals surface area contributed by atoms with E-state index in [1.54, 1.807) is 12.1 Å². The first-order chi connectivity index (χ1) is 8.60. The Morgan fingerprint density at radius 2 is 1.94 bits per heavy atom. The number of hydrogen-bond acceptors (Lipinski definition) is 3. The van der Waals surface area contributed by atoms with Crippen LogP contribution in [0.4, 0.5) is 4.39 Å². The van der Waals surface area contributed by atoms with E-state index in [0.29, 0.717) is 6.42 Å². The Morgan fingerprint density at radius 1 is 1.33 bits per heavy atom. The van der Waals surface area contributed by atoms with E-state index in [1.807, 2.05) is 0 Å². The highest BCUT2D eigenvalue weighted by molar-refractivity contribution is 5.66. The smallest absolute Gasteiger partial charge is 0.303 e. The van der Waals surface area contributed by atoms with E-state index < -0.39 is 5.60 Å². The quantitative estimate of drug-likeness (QED) is 0.836. The van der Waals surface area contributed by atoms with Crippen molar-refractivity contribution in [2.24, 2.45) is 0 Å². The Balaban J connectivity index is 2.13. The van der Waals surface area contributed by atoms with Gasteiger partial charge in [-0.3, -0.25) is 4.79 Å². The molecule has 4 heteroatoms. The third-order valence-corrected chi connectivity index (χ3v) is 3.31. The Hall–Kier alpha value is -1.42. The molecule has 2 rings (SSSR count). The van der Waals surface area contributed by atoms with Crippen LogP contribution in [0.25, 0.3) is 0 Å². The van der Waals surface area contributed by atoms with Crippen molar-refractivity contribution in [1.82, 2.24) is 5.32 Å². The zero-order valence-electron chi connectivity index (χ0n) is 10.5. The summed E-state index contributed by atoms with van der Waals surface area (Å²) in [5.74, 6) is -0.496. The van der Waals surface area contributed by atoms with Crippen molar-refractivity contribution in [3.63, 3.8) is 0 Å². The normalized spacial score (nSPS) is 18.3. The summed E-state index contributed by atoms with van der Waals surface area (Å²) in [6.07, 6.45) is 2.24. The van der Waals surface area contributed by atoms with Crippen molar-refractivity contribution in [3.05, 3.63) is 35.6 Å². The van der Waals surface area contributed by atoms with E-state index in [0.717, 1.165) is 31.5 Å². The van der Waals surface area contributed by atoms with E-state index in [9.17, 15) is 9.18 Å². The predicted molar refractivity (Wildman–Crippen MR) is 66.7 cm³/mol. The molecule has 0 aromatic heterocycles. The average Bonchev–Trinajstić information content (AvgIpc) is 2.32. The number of carbonyl (C=O) groups excluding carboxylic acids is 1. The van der Waals surface area contributed by atoms with Gasteiger partial charge < -0.3 is 10.1 Å². The van der Waals surface area contributed by atoms with Gasteiger partial charge in [0.05, 0.1) is 0 Å². The predicted octanol–water partition coefficient (Wildman–Crippen LogP) is 2.05. The fraction of sp³-hybridized carbons (Fsp3) is 0.500. The molecular weight excluding hydrogens is 233 g/mol. The average molecular weight is 251 g/mol. The first kappa shape index (κ1) is 13.0. The van der Waals surface area contributed by atoms with Gasteiger partial charge in [0.15, 0.2) is 0 Å². The summed E-state index contributed by atoms with van der Waals surface area (Å²) in [6.45, 7) is 3.12. The monoisotopic (exact) mass is 251 g/mol. The zero-order valence-corrected chi connectivity index (χ0v) is 10.5. The fourth-order valence-corrected chi connectivity index (χ4v) is 2.48. The number of esters is 1. The molecule has 1 heterocycles. The summed E-state index contributed by atoms with van der Waals surface area (Å²) < 4.78 is 18.4. The molecule has 1 aromatic carbocycles. The zero-order chi connectivity index (χ0) is 13.0. The highest BCUT2D eigenvalue weighted by Gasteiger charge is 2.35. The van der Waals surface area contributed by atoms with E-state index in [2.05, 4.69) is 5.32 Å². The molecule has 18 heavy (non-hydrogen) atoms. The second-order valence-electron chi connectivity index (χ2n) is 4.83. The van der Waals surface area contributed by atoms with Gasteiger partial charge in [-0.1, -0.05) is 12.1 Å². The minimum absolute atomic E-state index is 0.245. The molecule has 98 valence electrons. The molecule has 0 bridgehead atoms. The summed E-state index contributed by atoms with van der Waals surface area (Å²) >= 11 is 0. The van der Waals surface area contributed by atoms with Crippen molar-refractivity contribution >= 4 is 5.97 Å². The second kappa shape index (κ2) is 5.48. The van der Waals surface area contributed by atoms with Gasteiger partial charge >= 0.3 is 5.97 Å². The van der Waals surface area contributed by atoms with Crippen molar-refractivity contribution in [3.8, 4) is 0 Å². The number of hydrogen-bond donors (Lipinski definition) is 1. The third kappa shape index (κ3) is 3.29. The molecular formula is C14H18FNO2. The van der Waals surface area contributed by atoms with Gasteiger partial charge in [0.25, 0.3) is 0 Å². The van der Waals surface area contributed by atoms with Crippen molar-refractivity contribution in [1.29, 1.82) is 0 Å². The van der Waals surface area contributed by atoms with Crippen molar-refractivity contribution in [2.75, 3.05) is 13.1 Å². The van der Waals surface area contributed by atoms with Crippen LogP contribution in [0.1, 0.15) is 25.3 Å². The fourth-order valence-electron chi connectivity index (χ4n) is 2.48. The van der Waals surface area contributed by atoms with Crippen LogP contribution in [-0.2, 0) is 16.0 Å². The number of piperidine rings is 1. The lowest BCUT2D eigenvalue weighted by molar-refractivity contribution is -0.159. The number of carbonyl (C=O) groups is 1. The minimum atomic E-state index is -0.436. The maximum atomic E-state index is 12.9. The van der Waals surface area contributed by atoms with Crippen LogP contribution in [-0.4, -0.2) is 24.7 Å². The Labute approximate surface area is 106 Å². The van der Waals surface area contributed by atoms with Crippen molar-refractivity contribution < 1.29 is 13.9 Å². The maximum Gasteiger partial charge on any atom is 0.303 e. The Morgan fingerprint density at radius 3 is 2.50 bits per heavy atom. The van der Waals surface area contributed by atoms with Crippen LogP contribution in [0.5, 0.6) is 0 Å². The first-order valence-electron chi connectivity index (χ1n) is 6.24. The minimum Gasteiger partial charge on any atom is -0.459 e. The molecule has 1 aliphatic rings. The van der Waals surface area contributed by atoms with E-state index >= 15 is 0 Å². The maximum absolute atomic E-state index is 12.9. The highest BCUT2D eigenvalue weighted by atomic mass is 19.1.